The van der Waals surface area contributed by atoms with Gasteiger partial charge in [0.15, 0.2) is 5.69 Å². The first-order valence-electron chi connectivity index (χ1n) is 15.9. The van der Waals surface area contributed by atoms with Crippen molar-refractivity contribution in [3.05, 3.63) is 175 Å². The second kappa shape index (κ2) is 10.9. The highest BCUT2D eigenvalue weighted by Gasteiger charge is 2.17. The van der Waals surface area contributed by atoms with Crippen LogP contribution in [-0.2, 0) is 0 Å². The fourth-order valence-electron chi connectivity index (χ4n) is 7.27. The van der Waals surface area contributed by atoms with Gasteiger partial charge in [0, 0.05) is 27.4 Å². The van der Waals surface area contributed by atoms with Crippen LogP contribution in [0.3, 0.4) is 0 Å². The van der Waals surface area contributed by atoms with E-state index in [9.17, 15) is 5.26 Å². The number of hydrogen-bond acceptors (Lipinski definition) is 1. The van der Waals surface area contributed by atoms with Gasteiger partial charge in [0.2, 0.25) is 0 Å². The van der Waals surface area contributed by atoms with Crippen LogP contribution >= 0.6 is 0 Å². The third-order valence-electron chi connectivity index (χ3n) is 9.38. The molecule has 9 aromatic rings. The monoisotopic (exact) mass is 610 g/mol. The Morgan fingerprint density at radius 3 is 1.75 bits per heavy atom. The van der Waals surface area contributed by atoms with E-state index in [1.54, 1.807) is 0 Å². The van der Waals surface area contributed by atoms with Crippen molar-refractivity contribution in [1.82, 2.24) is 9.13 Å². The minimum Gasteiger partial charge on any atom is -0.309 e. The van der Waals surface area contributed by atoms with E-state index in [2.05, 4.69) is 147 Å². The fraction of sp³-hybridized carbons (Fsp3) is 0. The van der Waals surface area contributed by atoms with Gasteiger partial charge in [-0.2, -0.15) is 5.26 Å². The molecule has 0 aliphatic heterocycles. The van der Waals surface area contributed by atoms with Gasteiger partial charge < -0.3 is 9.13 Å². The lowest BCUT2D eigenvalue weighted by molar-refractivity contribution is 1.18. The molecule has 0 bridgehead atoms. The quantitative estimate of drug-likeness (QED) is 0.183. The molecule has 0 N–H and O–H groups in total. The smallest absolute Gasteiger partial charge is 0.188 e. The molecule has 0 unspecified atom stereocenters. The van der Waals surface area contributed by atoms with Crippen molar-refractivity contribution in [1.29, 1.82) is 5.26 Å². The van der Waals surface area contributed by atoms with Gasteiger partial charge >= 0.3 is 0 Å². The van der Waals surface area contributed by atoms with Crippen LogP contribution in [0.5, 0.6) is 0 Å². The SMILES string of the molecule is [C-]#[N+]c1ccc2c(c1)c1ccccc1n2-c1ccccc1-c1cccc(-c2ccc(-n3c4ccccc4c4ccccc43)cc2C#N)c1. The molecule has 0 saturated carbocycles. The third-order valence-corrected chi connectivity index (χ3v) is 9.38. The molecule has 0 atom stereocenters. The zero-order valence-corrected chi connectivity index (χ0v) is 25.8. The highest BCUT2D eigenvalue weighted by atomic mass is 15.0. The van der Waals surface area contributed by atoms with E-state index in [4.69, 9.17) is 6.57 Å². The van der Waals surface area contributed by atoms with Gasteiger partial charge in [-0.25, -0.2) is 4.85 Å². The number of fused-ring (bicyclic) bond motifs is 6. The predicted octanol–water partition coefficient (Wildman–Crippen LogP) is 11.6. The summed E-state index contributed by atoms with van der Waals surface area (Å²) in [4.78, 5) is 3.69. The van der Waals surface area contributed by atoms with Crippen molar-refractivity contribution in [2.75, 3.05) is 0 Å². The number of para-hydroxylation sites is 4. The number of rotatable bonds is 4. The summed E-state index contributed by atoms with van der Waals surface area (Å²) >= 11 is 0. The topological polar surface area (TPSA) is 38.0 Å². The Balaban J connectivity index is 1.19. The molecule has 4 heteroatoms. The first-order chi connectivity index (χ1) is 23.7. The molecule has 0 radical (unpaired) electrons. The van der Waals surface area contributed by atoms with Crippen LogP contribution in [0.1, 0.15) is 5.56 Å². The highest BCUT2D eigenvalue weighted by Crippen LogP contribution is 2.39. The molecule has 0 aliphatic carbocycles. The number of benzene rings is 7. The zero-order chi connectivity index (χ0) is 32.2. The van der Waals surface area contributed by atoms with E-state index in [0.717, 1.165) is 66.5 Å². The molecule has 222 valence electrons. The number of nitriles is 1. The van der Waals surface area contributed by atoms with Gasteiger partial charge in [-0.15, -0.1) is 0 Å². The van der Waals surface area contributed by atoms with Gasteiger partial charge in [-0.05, 0) is 76.7 Å². The average Bonchev–Trinajstić information content (AvgIpc) is 3.67. The van der Waals surface area contributed by atoms with Crippen LogP contribution in [-0.4, -0.2) is 9.13 Å². The summed E-state index contributed by atoms with van der Waals surface area (Å²) < 4.78 is 4.54. The Labute approximate surface area is 277 Å². The standard InChI is InChI=1S/C44H26N4/c1-46-32-21-24-44-39(27-32)38-16-5-9-20-43(38)48(44)40-17-6-2-13-35(40)30-12-10-11-29(25-30)34-23-22-33(26-31(34)28-45)47-41-18-7-3-14-36(41)37-15-4-8-19-42(37)47/h2-27H. The van der Waals surface area contributed by atoms with Crippen molar-refractivity contribution in [3.63, 3.8) is 0 Å². The second-order valence-corrected chi connectivity index (χ2v) is 12.0. The Hall–Kier alpha value is -6.88. The Bertz CT molecular complexity index is 2760. The summed E-state index contributed by atoms with van der Waals surface area (Å²) in [6, 6.07) is 56.7. The lowest BCUT2D eigenvalue weighted by Gasteiger charge is -2.15. The molecular weight excluding hydrogens is 585 g/mol. The lowest BCUT2D eigenvalue weighted by atomic mass is 9.95. The average molecular weight is 611 g/mol. The summed E-state index contributed by atoms with van der Waals surface area (Å²) in [5, 5.41) is 15.0. The van der Waals surface area contributed by atoms with E-state index >= 15 is 0 Å². The van der Waals surface area contributed by atoms with Gasteiger partial charge in [0.25, 0.3) is 0 Å². The Kier molecular flexibility index (Phi) is 6.22. The molecule has 4 nitrogen and oxygen atoms in total. The van der Waals surface area contributed by atoms with Gasteiger partial charge in [0.05, 0.1) is 46.0 Å². The van der Waals surface area contributed by atoms with Crippen molar-refractivity contribution >= 4 is 49.3 Å². The van der Waals surface area contributed by atoms with E-state index in [1.807, 2.05) is 30.3 Å². The fourth-order valence-corrected chi connectivity index (χ4v) is 7.27. The lowest BCUT2D eigenvalue weighted by Crippen LogP contribution is -1.97. The number of aromatic nitrogens is 2. The molecule has 0 amide bonds. The molecule has 9 rings (SSSR count). The molecule has 2 aromatic heterocycles. The first kappa shape index (κ1) is 27.4. The molecule has 48 heavy (non-hydrogen) atoms. The van der Waals surface area contributed by atoms with Gasteiger partial charge in [0.1, 0.15) is 0 Å². The van der Waals surface area contributed by atoms with Crippen LogP contribution in [0, 0.1) is 17.9 Å². The minimum absolute atomic E-state index is 0.623. The maximum Gasteiger partial charge on any atom is 0.188 e. The number of hydrogen-bond donors (Lipinski definition) is 0. The Morgan fingerprint density at radius 1 is 0.479 bits per heavy atom. The van der Waals surface area contributed by atoms with E-state index in [1.165, 1.54) is 10.8 Å². The third kappa shape index (κ3) is 4.14. The maximum absolute atomic E-state index is 10.4. The molecule has 0 spiro atoms. The van der Waals surface area contributed by atoms with Gasteiger partial charge in [-0.3, -0.25) is 0 Å². The zero-order valence-electron chi connectivity index (χ0n) is 25.8. The number of nitrogens with zero attached hydrogens (tertiary/aromatic N) is 4. The van der Waals surface area contributed by atoms with Crippen molar-refractivity contribution in [2.24, 2.45) is 0 Å². The van der Waals surface area contributed by atoms with Crippen LogP contribution in [0.4, 0.5) is 5.69 Å². The second-order valence-electron chi connectivity index (χ2n) is 12.0. The highest BCUT2D eigenvalue weighted by molar-refractivity contribution is 6.11. The van der Waals surface area contributed by atoms with Crippen LogP contribution in [0.15, 0.2) is 158 Å². The predicted molar refractivity (Wildman–Crippen MR) is 197 cm³/mol. The van der Waals surface area contributed by atoms with Crippen molar-refractivity contribution in [2.45, 2.75) is 0 Å². The summed E-state index contributed by atoms with van der Waals surface area (Å²) in [5.41, 5.74) is 11.7. The molecule has 0 fully saturated rings. The molecular formula is C44H26N4. The van der Waals surface area contributed by atoms with Crippen LogP contribution < -0.4 is 0 Å². The van der Waals surface area contributed by atoms with E-state index < -0.39 is 0 Å². The summed E-state index contributed by atoms with van der Waals surface area (Å²) in [6.45, 7) is 7.57. The van der Waals surface area contributed by atoms with Gasteiger partial charge in [-0.1, -0.05) is 103 Å². The maximum atomic E-state index is 10.4. The van der Waals surface area contributed by atoms with Crippen molar-refractivity contribution < 1.29 is 0 Å². The summed E-state index contributed by atoms with van der Waals surface area (Å²) in [6.07, 6.45) is 0. The molecule has 0 aliphatic rings. The van der Waals surface area contributed by atoms with E-state index in [-0.39, 0.29) is 0 Å². The molecule has 2 heterocycles. The summed E-state index contributed by atoms with van der Waals surface area (Å²) in [7, 11) is 0. The largest absolute Gasteiger partial charge is 0.309 e. The molecule has 0 saturated heterocycles. The molecule has 7 aromatic carbocycles. The first-order valence-corrected chi connectivity index (χ1v) is 15.9. The van der Waals surface area contributed by atoms with Crippen LogP contribution in [0.2, 0.25) is 0 Å². The van der Waals surface area contributed by atoms with Crippen LogP contribution in [0.25, 0.3) is 82.1 Å². The van der Waals surface area contributed by atoms with Crippen molar-refractivity contribution in [3.8, 4) is 39.7 Å². The minimum atomic E-state index is 0.623. The van der Waals surface area contributed by atoms with E-state index in [0.29, 0.717) is 11.3 Å². The normalized spacial score (nSPS) is 11.3. The summed E-state index contributed by atoms with van der Waals surface area (Å²) in [5.74, 6) is 0. The Morgan fingerprint density at radius 2 is 1.06 bits per heavy atom.